The molecule has 0 aromatic heterocycles. The maximum Gasteiger partial charge on any atom is 0.329 e. The molecule has 0 radical (unpaired) electrons. The molecule has 1 saturated carbocycles. The Hall–Kier alpha value is -2.37. The summed E-state index contributed by atoms with van der Waals surface area (Å²) in [7, 11) is 0. The van der Waals surface area contributed by atoms with Crippen LogP contribution >= 0.6 is 0 Å². The minimum Gasteiger partial charge on any atom is -0.480 e. The SMILES string of the molecule is O=C1Cc2cc(C(=O)NC3(C(=O)O)CC3)ccc2N1. The smallest absolute Gasteiger partial charge is 0.329 e. The lowest BCUT2D eigenvalue weighted by molar-refractivity contribution is -0.140. The maximum absolute atomic E-state index is 12.0. The fourth-order valence-corrected chi connectivity index (χ4v) is 2.18. The summed E-state index contributed by atoms with van der Waals surface area (Å²) in [6, 6.07) is 4.87. The van der Waals surface area contributed by atoms with E-state index in [4.69, 9.17) is 5.11 Å². The standard InChI is InChI=1S/C13H12N2O4/c16-10-6-8-5-7(1-2-9(8)14-10)11(17)15-13(3-4-13)12(18)19/h1-2,5H,3-4,6H2,(H,14,16)(H,15,17)(H,18,19). The lowest BCUT2D eigenvalue weighted by Crippen LogP contribution is -2.43. The maximum atomic E-state index is 12.0. The minimum atomic E-state index is -1.09. The van der Waals surface area contributed by atoms with Crippen molar-refractivity contribution in [1.29, 1.82) is 0 Å². The first kappa shape index (κ1) is 11.7. The number of carbonyl (C=O) groups is 3. The summed E-state index contributed by atoms with van der Waals surface area (Å²) in [5.74, 6) is -1.52. The van der Waals surface area contributed by atoms with Gasteiger partial charge in [0.05, 0.1) is 6.42 Å². The molecular weight excluding hydrogens is 248 g/mol. The van der Waals surface area contributed by atoms with Gasteiger partial charge in [-0.25, -0.2) is 4.79 Å². The first-order chi connectivity index (χ1) is 9.00. The average molecular weight is 260 g/mol. The van der Waals surface area contributed by atoms with Crippen LogP contribution in [0, 0.1) is 0 Å². The summed E-state index contributed by atoms with van der Waals surface area (Å²) in [5.41, 5.74) is 0.756. The number of aliphatic carboxylic acids is 1. The quantitative estimate of drug-likeness (QED) is 0.738. The Morgan fingerprint density at radius 3 is 2.68 bits per heavy atom. The van der Waals surface area contributed by atoms with Gasteiger partial charge in [0.1, 0.15) is 5.54 Å². The Morgan fingerprint density at radius 2 is 2.05 bits per heavy atom. The number of rotatable bonds is 3. The third kappa shape index (κ3) is 1.95. The van der Waals surface area contributed by atoms with Gasteiger partial charge in [-0.1, -0.05) is 0 Å². The third-order valence-electron chi connectivity index (χ3n) is 3.50. The predicted octanol–water partition coefficient (Wildman–Crippen LogP) is 0.528. The van der Waals surface area contributed by atoms with Crippen molar-refractivity contribution in [2.24, 2.45) is 0 Å². The molecule has 0 bridgehead atoms. The summed E-state index contributed by atoms with van der Waals surface area (Å²) in [5, 5.41) is 14.2. The molecule has 6 nitrogen and oxygen atoms in total. The van der Waals surface area contributed by atoms with E-state index in [1.54, 1.807) is 18.2 Å². The van der Waals surface area contributed by atoms with Crippen LogP contribution in [-0.2, 0) is 16.0 Å². The van der Waals surface area contributed by atoms with Gasteiger partial charge >= 0.3 is 5.97 Å². The van der Waals surface area contributed by atoms with Gasteiger partial charge in [0.25, 0.3) is 5.91 Å². The Morgan fingerprint density at radius 1 is 1.32 bits per heavy atom. The van der Waals surface area contributed by atoms with E-state index in [1.807, 2.05) is 0 Å². The van der Waals surface area contributed by atoms with Crippen LogP contribution in [0.1, 0.15) is 28.8 Å². The van der Waals surface area contributed by atoms with Gasteiger partial charge in [-0.15, -0.1) is 0 Å². The molecule has 98 valence electrons. The third-order valence-corrected chi connectivity index (χ3v) is 3.50. The number of anilines is 1. The van der Waals surface area contributed by atoms with Crippen LogP contribution < -0.4 is 10.6 Å². The van der Waals surface area contributed by atoms with Crippen LogP contribution in [0.3, 0.4) is 0 Å². The Kier molecular flexibility index (Phi) is 2.35. The summed E-state index contributed by atoms with van der Waals surface area (Å²) < 4.78 is 0. The second-order valence-electron chi connectivity index (χ2n) is 4.94. The van der Waals surface area contributed by atoms with Crippen molar-refractivity contribution in [2.75, 3.05) is 5.32 Å². The molecule has 1 aliphatic heterocycles. The molecule has 1 aromatic carbocycles. The number of hydrogen-bond acceptors (Lipinski definition) is 3. The van der Waals surface area contributed by atoms with Gasteiger partial charge in [-0.2, -0.15) is 0 Å². The highest BCUT2D eigenvalue weighted by atomic mass is 16.4. The van der Waals surface area contributed by atoms with Crippen molar-refractivity contribution >= 4 is 23.5 Å². The van der Waals surface area contributed by atoms with Crippen LogP contribution in [0.5, 0.6) is 0 Å². The topological polar surface area (TPSA) is 95.5 Å². The van der Waals surface area contributed by atoms with Gasteiger partial charge < -0.3 is 15.7 Å². The van der Waals surface area contributed by atoms with E-state index in [0.29, 0.717) is 24.1 Å². The van der Waals surface area contributed by atoms with Gasteiger partial charge in [0.15, 0.2) is 0 Å². The first-order valence-corrected chi connectivity index (χ1v) is 5.99. The van der Waals surface area contributed by atoms with Crippen LogP contribution in [0.25, 0.3) is 0 Å². The fraction of sp³-hybridized carbons (Fsp3) is 0.308. The summed E-state index contributed by atoms with van der Waals surface area (Å²) in [6.45, 7) is 0. The van der Waals surface area contributed by atoms with Gasteiger partial charge in [-0.3, -0.25) is 9.59 Å². The van der Waals surface area contributed by atoms with Crippen molar-refractivity contribution in [1.82, 2.24) is 5.32 Å². The molecule has 3 rings (SSSR count). The van der Waals surface area contributed by atoms with E-state index in [9.17, 15) is 14.4 Å². The monoisotopic (exact) mass is 260 g/mol. The molecule has 3 N–H and O–H groups in total. The molecule has 1 fully saturated rings. The second-order valence-corrected chi connectivity index (χ2v) is 4.94. The van der Waals surface area contributed by atoms with E-state index >= 15 is 0 Å². The number of carbonyl (C=O) groups excluding carboxylic acids is 2. The lowest BCUT2D eigenvalue weighted by atomic mass is 10.1. The minimum absolute atomic E-state index is 0.100. The Labute approximate surface area is 108 Å². The first-order valence-electron chi connectivity index (χ1n) is 5.99. The highest BCUT2D eigenvalue weighted by Crippen LogP contribution is 2.36. The summed E-state index contributed by atoms with van der Waals surface area (Å²) in [6.07, 6.45) is 1.17. The molecule has 2 amide bonds. The molecule has 0 saturated heterocycles. The van der Waals surface area contributed by atoms with E-state index in [2.05, 4.69) is 10.6 Å². The molecule has 1 aliphatic carbocycles. The zero-order valence-electron chi connectivity index (χ0n) is 10.0. The predicted molar refractivity (Wildman–Crippen MR) is 65.8 cm³/mol. The largest absolute Gasteiger partial charge is 0.480 e. The van der Waals surface area contributed by atoms with Crippen LogP contribution in [0.15, 0.2) is 18.2 Å². The number of carboxylic acid groups (broad SMARTS) is 1. The van der Waals surface area contributed by atoms with E-state index < -0.39 is 17.4 Å². The van der Waals surface area contributed by atoms with Gasteiger partial charge in [-0.05, 0) is 36.6 Å². The zero-order chi connectivity index (χ0) is 13.6. The van der Waals surface area contributed by atoms with Crippen molar-refractivity contribution in [3.8, 4) is 0 Å². The Balaban J connectivity index is 1.80. The Bertz CT molecular complexity index is 605. The summed E-state index contributed by atoms with van der Waals surface area (Å²) >= 11 is 0. The van der Waals surface area contributed by atoms with Crippen molar-refractivity contribution in [3.63, 3.8) is 0 Å². The van der Waals surface area contributed by atoms with E-state index in [-0.39, 0.29) is 12.3 Å². The zero-order valence-corrected chi connectivity index (χ0v) is 10.0. The fourth-order valence-electron chi connectivity index (χ4n) is 2.18. The highest BCUT2D eigenvalue weighted by molar-refractivity contribution is 6.03. The van der Waals surface area contributed by atoms with Crippen molar-refractivity contribution in [3.05, 3.63) is 29.3 Å². The van der Waals surface area contributed by atoms with Crippen LogP contribution in [0.4, 0.5) is 5.69 Å². The number of nitrogens with one attached hydrogen (secondary N) is 2. The molecule has 0 atom stereocenters. The number of fused-ring (bicyclic) bond motifs is 1. The summed E-state index contributed by atoms with van der Waals surface area (Å²) in [4.78, 5) is 34.2. The molecule has 19 heavy (non-hydrogen) atoms. The normalized spacial score (nSPS) is 18.4. The number of amides is 2. The van der Waals surface area contributed by atoms with E-state index in [0.717, 1.165) is 5.56 Å². The van der Waals surface area contributed by atoms with Crippen LogP contribution in [-0.4, -0.2) is 28.4 Å². The average Bonchev–Trinajstić information content (AvgIpc) is 3.03. The molecule has 2 aliphatic rings. The lowest BCUT2D eigenvalue weighted by Gasteiger charge is -2.12. The van der Waals surface area contributed by atoms with Gasteiger partial charge in [0, 0.05) is 11.3 Å². The molecule has 1 heterocycles. The molecule has 1 aromatic rings. The molecular formula is C13H12N2O4. The van der Waals surface area contributed by atoms with Crippen molar-refractivity contribution < 1.29 is 19.5 Å². The number of carboxylic acids is 1. The van der Waals surface area contributed by atoms with E-state index in [1.165, 1.54) is 0 Å². The second kappa shape index (κ2) is 3.81. The number of hydrogen-bond donors (Lipinski definition) is 3. The van der Waals surface area contributed by atoms with Gasteiger partial charge in [0.2, 0.25) is 5.91 Å². The molecule has 6 heteroatoms. The number of benzene rings is 1. The van der Waals surface area contributed by atoms with Crippen molar-refractivity contribution in [2.45, 2.75) is 24.8 Å². The van der Waals surface area contributed by atoms with Crippen LogP contribution in [0.2, 0.25) is 0 Å². The highest BCUT2D eigenvalue weighted by Gasteiger charge is 2.51. The molecule has 0 unspecified atom stereocenters. The molecule has 0 spiro atoms.